The Balaban J connectivity index is 2.11. The second kappa shape index (κ2) is 10.2. The minimum atomic E-state index is -0.518. The fourth-order valence-electron chi connectivity index (χ4n) is 3.47. The fourth-order valence-corrected chi connectivity index (χ4v) is 3.79. The molecule has 0 fully saturated rings. The second-order valence-electron chi connectivity index (χ2n) is 7.01. The van der Waals surface area contributed by atoms with Gasteiger partial charge in [-0.25, -0.2) is 9.37 Å². The molecule has 1 atom stereocenters. The van der Waals surface area contributed by atoms with Crippen LogP contribution in [0, 0.1) is 5.82 Å². The molecule has 8 heteroatoms. The Labute approximate surface area is 185 Å². The molecule has 1 unspecified atom stereocenters. The Morgan fingerprint density at radius 1 is 1.27 bits per heavy atom. The van der Waals surface area contributed by atoms with Gasteiger partial charge in [0, 0.05) is 20.1 Å². The van der Waals surface area contributed by atoms with E-state index in [1.807, 2.05) is 11.5 Å². The number of nitrogens with one attached hydrogen (secondary N) is 1. The zero-order valence-electron chi connectivity index (χ0n) is 16.9. The summed E-state index contributed by atoms with van der Waals surface area (Å²) in [5.41, 5.74) is 1.80. The van der Waals surface area contributed by atoms with Crippen molar-refractivity contribution in [1.29, 1.82) is 0 Å². The normalized spacial score (nSPS) is 12.3. The third-order valence-corrected chi connectivity index (χ3v) is 5.62. The number of benzene rings is 2. The maximum atomic E-state index is 14.3. The number of fused-ring (bicyclic) bond motifs is 1. The molecule has 160 valence electrons. The number of carbonyl (C=O) groups is 1. The number of hydrogen-bond donors (Lipinski definition) is 1. The van der Waals surface area contributed by atoms with Gasteiger partial charge in [-0.3, -0.25) is 4.79 Å². The SMILES string of the molecule is CCCC(C(=O)NCCOC)n1c(Cc2ccccc2F)nc2cc(Cl)c(Cl)cc21. The first kappa shape index (κ1) is 22.5. The van der Waals surface area contributed by atoms with Crippen molar-refractivity contribution in [3.05, 3.63) is 63.6 Å². The van der Waals surface area contributed by atoms with Crippen molar-refractivity contribution >= 4 is 40.1 Å². The molecule has 0 aliphatic heterocycles. The molecule has 3 aromatic rings. The predicted molar refractivity (Wildman–Crippen MR) is 118 cm³/mol. The Kier molecular flexibility index (Phi) is 7.69. The van der Waals surface area contributed by atoms with Crippen LogP contribution >= 0.6 is 23.2 Å². The molecule has 1 aromatic heterocycles. The van der Waals surface area contributed by atoms with Gasteiger partial charge in [-0.2, -0.15) is 0 Å². The van der Waals surface area contributed by atoms with Gasteiger partial charge in [-0.05, 0) is 30.2 Å². The Morgan fingerprint density at radius 3 is 2.70 bits per heavy atom. The average molecular weight is 452 g/mol. The van der Waals surface area contributed by atoms with Crippen LogP contribution in [0.15, 0.2) is 36.4 Å². The molecular formula is C22H24Cl2FN3O2. The lowest BCUT2D eigenvalue weighted by Gasteiger charge is -2.21. The van der Waals surface area contributed by atoms with E-state index in [4.69, 9.17) is 27.9 Å². The van der Waals surface area contributed by atoms with Crippen LogP contribution in [0.1, 0.15) is 37.2 Å². The Morgan fingerprint density at radius 2 is 2.00 bits per heavy atom. The summed E-state index contributed by atoms with van der Waals surface area (Å²) in [6.45, 7) is 2.82. The van der Waals surface area contributed by atoms with Gasteiger partial charge in [-0.15, -0.1) is 0 Å². The molecule has 0 radical (unpaired) electrons. The first-order valence-corrected chi connectivity index (χ1v) is 10.6. The first-order valence-electron chi connectivity index (χ1n) is 9.82. The van der Waals surface area contributed by atoms with Gasteiger partial charge in [0.05, 0.1) is 27.7 Å². The number of imidazole rings is 1. The van der Waals surface area contributed by atoms with Crippen molar-refractivity contribution in [2.24, 2.45) is 0 Å². The van der Waals surface area contributed by atoms with Crippen LogP contribution in [-0.4, -0.2) is 35.7 Å². The highest BCUT2D eigenvalue weighted by atomic mass is 35.5. The lowest BCUT2D eigenvalue weighted by atomic mass is 10.1. The zero-order valence-corrected chi connectivity index (χ0v) is 18.4. The third kappa shape index (κ3) is 4.94. The van der Waals surface area contributed by atoms with E-state index < -0.39 is 6.04 Å². The van der Waals surface area contributed by atoms with E-state index >= 15 is 0 Å². The van der Waals surface area contributed by atoms with E-state index in [9.17, 15) is 9.18 Å². The number of methoxy groups -OCH3 is 1. The van der Waals surface area contributed by atoms with E-state index in [2.05, 4.69) is 10.3 Å². The van der Waals surface area contributed by atoms with Gasteiger partial charge in [0.2, 0.25) is 5.91 Å². The lowest BCUT2D eigenvalue weighted by molar-refractivity contribution is -0.124. The topological polar surface area (TPSA) is 56.1 Å². The molecule has 3 rings (SSSR count). The van der Waals surface area contributed by atoms with E-state index in [1.54, 1.807) is 37.4 Å². The highest BCUT2D eigenvalue weighted by molar-refractivity contribution is 6.42. The fraction of sp³-hybridized carbons (Fsp3) is 0.364. The van der Waals surface area contributed by atoms with Crippen LogP contribution in [0.2, 0.25) is 10.0 Å². The van der Waals surface area contributed by atoms with Crippen molar-refractivity contribution < 1.29 is 13.9 Å². The Bertz CT molecular complexity index is 1040. The monoisotopic (exact) mass is 451 g/mol. The smallest absolute Gasteiger partial charge is 0.243 e. The molecule has 0 aliphatic rings. The van der Waals surface area contributed by atoms with Crippen molar-refractivity contribution in [3.63, 3.8) is 0 Å². The molecule has 1 N–H and O–H groups in total. The summed E-state index contributed by atoms with van der Waals surface area (Å²) in [6.07, 6.45) is 1.61. The highest BCUT2D eigenvalue weighted by Crippen LogP contribution is 2.32. The van der Waals surface area contributed by atoms with Gasteiger partial charge in [0.15, 0.2) is 0 Å². The molecule has 1 heterocycles. The summed E-state index contributed by atoms with van der Waals surface area (Å²) in [5, 5.41) is 3.65. The predicted octanol–water partition coefficient (Wildman–Crippen LogP) is 5.18. The quantitative estimate of drug-likeness (QED) is 0.456. The van der Waals surface area contributed by atoms with Gasteiger partial charge in [0.1, 0.15) is 17.7 Å². The van der Waals surface area contributed by atoms with Crippen LogP contribution < -0.4 is 5.32 Å². The van der Waals surface area contributed by atoms with Gasteiger partial charge in [-0.1, -0.05) is 54.7 Å². The van der Waals surface area contributed by atoms with E-state index in [1.165, 1.54) is 6.07 Å². The number of carbonyl (C=O) groups excluding carboxylic acids is 1. The second-order valence-corrected chi connectivity index (χ2v) is 7.82. The molecule has 5 nitrogen and oxygen atoms in total. The van der Waals surface area contributed by atoms with Crippen LogP contribution in [0.25, 0.3) is 11.0 Å². The zero-order chi connectivity index (χ0) is 21.7. The Hall–Kier alpha value is -2.15. The molecule has 30 heavy (non-hydrogen) atoms. The molecule has 0 spiro atoms. The molecule has 0 saturated heterocycles. The summed E-state index contributed by atoms with van der Waals surface area (Å²) >= 11 is 12.5. The average Bonchev–Trinajstić information content (AvgIpc) is 3.04. The largest absolute Gasteiger partial charge is 0.383 e. The van der Waals surface area contributed by atoms with E-state index in [-0.39, 0.29) is 18.1 Å². The van der Waals surface area contributed by atoms with E-state index in [0.29, 0.717) is 52.0 Å². The van der Waals surface area contributed by atoms with Crippen LogP contribution in [0.3, 0.4) is 0 Å². The molecular weight excluding hydrogens is 428 g/mol. The maximum Gasteiger partial charge on any atom is 0.243 e. The molecule has 0 aliphatic carbocycles. The number of nitrogens with zero attached hydrogens (tertiary/aromatic N) is 2. The standard InChI is InChI=1S/C22H24Cl2FN3O2/c1-3-6-19(22(29)26-9-10-30-2)28-20-13-16(24)15(23)12-18(20)27-21(28)11-14-7-4-5-8-17(14)25/h4-5,7-8,12-13,19H,3,6,9-11H2,1-2H3,(H,26,29). The van der Waals surface area contributed by atoms with E-state index in [0.717, 1.165) is 6.42 Å². The number of hydrogen-bond acceptors (Lipinski definition) is 3. The third-order valence-electron chi connectivity index (χ3n) is 4.89. The summed E-state index contributed by atoms with van der Waals surface area (Å²) in [7, 11) is 1.58. The summed E-state index contributed by atoms with van der Waals surface area (Å²) in [6, 6.07) is 9.42. The molecule has 0 bridgehead atoms. The lowest BCUT2D eigenvalue weighted by Crippen LogP contribution is -2.35. The number of halogens is 3. The van der Waals surface area contributed by atoms with Crippen molar-refractivity contribution in [1.82, 2.24) is 14.9 Å². The summed E-state index contributed by atoms with van der Waals surface area (Å²) in [4.78, 5) is 17.7. The minimum absolute atomic E-state index is 0.144. The van der Waals surface area contributed by atoms with Gasteiger partial charge < -0.3 is 14.6 Å². The maximum absolute atomic E-state index is 14.3. The number of rotatable bonds is 9. The summed E-state index contributed by atoms with van der Waals surface area (Å²) in [5.74, 6) is 0.117. The van der Waals surface area contributed by atoms with Crippen molar-refractivity contribution in [3.8, 4) is 0 Å². The number of amides is 1. The highest BCUT2D eigenvalue weighted by Gasteiger charge is 2.26. The van der Waals surface area contributed by atoms with Gasteiger partial charge >= 0.3 is 0 Å². The van der Waals surface area contributed by atoms with Gasteiger partial charge in [0.25, 0.3) is 0 Å². The number of aromatic nitrogens is 2. The van der Waals surface area contributed by atoms with Crippen molar-refractivity contribution in [2.75, 3.05) is 20.3 Å². The van der Waals surface area contributed by atoms with Crippen LogP contribution in [-0.2, 0) is 16.0 Å². The molecule has 0 saturated carbocycles. The van der Waals surface area contributed by atoms with Crippen molar-refractivity contribution in [2.45, 2.75) is 32.2 Å². The first-order chi connectivity index (χ1) is 14.5. The molecule has 2 aromatic carbocycles. The molecule has 1 amide bonds. The summed E-state index contributed by atoms with van der Waals surface area (Å²) < 4.78 is 21.2. The number of ether oxygens (including phenoxy) is 1. The van der Waals surface area contributed by atoms with Crippen LogP contribution in [0.4, 0.5) is 4.39 Å². The van der Waals surface area contributed by atoms with Crippen LogP contribution in [0.5, 0.6) is 0 Å². The minimum Gasteiger partial charge on any atom is -0.383 e.